The van der Waals surface area contributed by atoms with Crippen molar-refractivity contribution >= 4 is 35.2 Å². The predicted octanol–water partition coefficient (Wildman–Crippen LogP) is 3.46. The number of carboxylic acids is 1. The highest BCUT2D eigenvalue weighted by Gasteiger charge is 2.28. The largest absolute Gasteiger partial charge is 0.480 e. The summed E-state index contributed by atoms with van der Waals surface area (Å²) in [5.74, 6) is 0.110. The zero-order chi connectivity index (χ0) is 18.4. The zero-order valence-electron chi connectivity index (χ0n) is 14.7. The van der Waals surface area contributed by atoms with Crippen LogP contribution in [-0.2, 0) is 4.79 Å². The van der Waals surface area contributed by atoms with Crippen molar-refractivity contribution in [2.45, 2.75) is 37.6 Å². The van der Waals surface area contributed by atoms with Crippen molar-refractivity contribution in [1.29, 1.82) is 0 Å². The maximum Gasteiger partial charge on any atom is 0.317 e. The standard InChI is InChI=1S/C18H25ClN2O3S/c1-3-20(12-17(22)23)14-7-9-21(10-8-14)18(24)15-6-5-13(19)11-16(15)25-4-2/h5-6,11,14H,3-4,7-10,12H2,1-2H3,(H,22,23). The van der Waals surface area contributed by atoms with E-state index in [1.54, 1.807) is 23.9 Å². The number of carbonyl (C=O) groups is 2. The second kappa shape index (κ2) is 9.46. The maximum absolute atomic E-state index is 12.9. The fourth-order valence-corrected chi connectivity index (χ4v) is 4.29. The van der Waals surface area contributed by atoms with Crippen LogP contribution in [0.3, 0.4) is 0 Å². The van der Waals surface area contributed by atoms with Gasteiger partial charge in [-0.25, -0.2) is 0 Å². The van der Waals surface area contributed by atoms with Gasteiger partial charge in [0.15, 0.2) is 0 Å². The average molecular weight is 385 g/mol. The quantitative estimate of drug-likeness (QED) is 0.729. The number of carboxylic acid groups (broad SMARTS) is 1. The van der Waals surface area contributed by atoms with Crippen LogP contribution >= 0.6 is 23.4 Å². The number of hydrogen-bond donors (Lipinski definition) is 1. The Bertz CT molecular complexity index is 618. The molecule has 0 saturated carbocycles. The lowest BCUT2D eigenvalue weighted by molar-refractivity contribution is -0.139. The molecule has 1 aromatic carbocycles. The van der Waals surface area contributed by atoms with E-state index in [2.05, 4.69) is 0 Å². The second-order valence-electron chi connectivity index (χ2n) is 6.05. The summed E-state index contributed by atoms with van der Waals surface area (Å²) in [6.45, 7) is 6.09. The van der Waals surface area contributed by atoms with Gasteiger partial charge < -0.3 is 10.0 Å². The summed E-state index contributed by atoms with van der Waals surface area (Å²) in [6, 6.07) is 5.63. The average Bonchev–Trinajstić information content (AvgIpc) is 2.59. The number of nitrogens with zero attached hydrogens (tertiary/aromatic N) is 2. The number of aliphatic carboxylic acids is 1. The van der Waals surface area contributed by atoms with Crippen LogP contribution in [0.5, 0.6) is 0 Å². The van der Waals surface area contributed by atoms with Gasteiger partial charge in [-0.15, -0.1) is 11.8 Å². The molecule has 0 aromatic heterocycles. The molecule has 0 bridgehead atoms. The van der Waals surface area contributed by atoms with Crippen LogP contribution in [0.2, 0.25) is 5.02 Å². The first-order valence-corrected chi connectivity index (χ1v) is 10.00. The van der Waals surface area contributed by atoms with E-state index >= 15 is 0 Å². The molecular formula is C18H25ClN2O3S. The van der Waals surface area contributed by atoms with Gasteiger partial charge in [0.2, 0.25) is 0 Å². The highest BCUT2D eigenvalue weighted by molar-refractivity contribution is 7.99. The van der Waals surface area contributed by atoms with Crippen LogP contribution in [0.1, 0.15) is 37.0 Å². The molecular weight excluding hydrogens is 360 g/mol. The van der Waals surface area contributed by atoms with Gasteiger partial charge >= 0.3 is 5.97 Å². The summed E-state index contributed by atoms with van der Waals surface area (Å²) in [5, 5.41) is 9.66. The van der Waals surface area contributed by atoms with E-state index in [9.17, 15) is 9.59 Å². The summed E-state index contributed by atoms with van der Waals surface area (Å²) in [6.07, 6.45) is 1.60. The monoisotopic (exact) mass is 384 g/mol. The molecule has 1 fully saturated rings. The SMILES string of the molecule is CCSc1cc(Cl)ccc1C(=O)N1CCC(N(CC)CC(=O)O)CC1. The highest BCUT2D eigenvalue weighted by atomic mass is 35.5. The van der Waals surface area contributed by atoms with Crippen LogP contribution in [0, 0.1) is 0 Å². The van der Waals surface area contributed by atoms with Gasteiger partial charge in [0.1, 0.15) is 0 Å². The third-order valence-electron chi connectivity index (χ3n) is 4.49. The van der Waals surface area contributed by atoms with E-state index < -0.39 is 5.97 Å². The number of halogens is 1. The van der Waals surface area contributed by atoms with E-state index in [-0.39, 0.29) is 18.5 Å². The van der Waals surface area contributed by atoms with E-state index in [4.69, 9.17) is 16.7 Å². The minimum atomic E-state index is -0.803. The van der Waals surface area contributed by atoms with Crippen molar-refractivity contribution in [3.63, 3.8) is 0 Å². The lowest BCUT2D eigenvalue weighted by atomic mass is 10.0. The molecule has 2 rings (SSSR count). The Balaban J connectivity index is 2.03. The summed E-state index contributed by atoms with van der Waals surface area (Å²) >= 11 is 7.68. The fraction of sp³-hybridized carbons (Fsp3) is 0.556. The molecule has 7 heteroatoms. The van der Waals surface area contributed by atoms with E-state index in [1.807, 2.05) is 29.7 Å². The van der Waals surface area contributed by atoms with Gasteiger partial charge in [-0.2, -0.15) is 0 Å². The van der Waals surface area contributed by atoms with Gasteiger partial charge in [-0.1, -0.05) is 25.4 Å². The number of likely N-dealkylation sites (tertiary alicyclic amines) is 1. The molecule has 0 spiro atoms. The lowest BCUT2D eigenvalue weighted by Crippen LogP contribution is -2.48. The molecule has 1 aliphatic rings. The molecule has 0 radical (unpaired) electrons. The van der Waals surface area contributed by atoms with E-state index in [0.29, 0.717) is 30.2 Å². The minimum absolute atomic E-state index is 0.0346. The first-order chi connectivity index (χ1) is 12.0. The van der Waals surface area contributed by atoms with E-state index in [0.717, 1.165) is 23.5 Å². The summed E-state index contributed by atoms with van der Waals surface area (Å²) in [5.41, 5.74) is 0.701. The third kappa shape index (κ3) is 5.36. The molecule has 138 valence electrons. The number of rotatable bonds is 7. The van der Waals surface area contributed by atoms with Crippen LogP contribution in [0.15, 0.2) is 23.1 Å². The van der Waals surface area contributed by atoms with Crippen LogP contribution in [-0.4, -0.2) is 64.8 Å². The van der Waals surface area contributed by atoms with Crippen LogP contribution in [0.4, 0.5) is 0 Å². The van der Waals surface area contributed by atoms with Crippen LogP contribution in [0.25, 0.3) is 0 Å². The molecule has 1 saturated heterocycles. The normalized spacial score (nSPS) is 15.6. The molecule has 1 amide bonds. The molecule has 1 N–H and O–H groups in total. The summed E-state index contributed by atoms with van der Waals surface area (Å²) < 4.78 is 0. The van der Waals surface area contributed by atoms with Crippen LogP contribution < -0.4 is 0 Å². The molecule has 0 unspecified atom stereocenters. The number of benzene rings is 1. The Hall–Kier alpha value is -1.24. The Kier molecular flexibility index (Phi) is 7.59. The highest BCUT2D eigenvalue weighted by Crippen LogP contribution is 2.28. The first-order valence-electron chi connectivity index (χ1n) is 8.63. The predicted molar refractivity (Wildman–Crippen MR) is 102 cm³/mol. The van der Waals surface area contributed by atoms with Crippen molar-refractivity contribution in [1.82, 2.24) is 9.80 Å². The fourth-order valence-electron chi connectivity index (χ4n) is 3.23. The number of likely N-dealkylation sites (N-methyl/N-ethyl adjacent to an activating group) is 1. The maximum atomic E-state index is 12.9. The lowest BCUT2D eigenvalue weighted by Gasteiger charge is -2.37. The number of piperidine rings is 1. The van der Waals surface area contributed by atoms with Gasteiger partial charge in [0, 0.05) is 29.0 Å². The topological polar surface area (TPSA) is 60.9 Å². The van der Waals surface area contributed by atoms with Crippen molar-refractivity contribution in [3.05, 3.63) is 28.8 Å². The molecule has 5 nitrogen and oxygen atoms in total. The van der Waals surface area contributed by atoms with Crippen molar-refractivity contribution < 1.29 is 14.7 Å². The Morgan fingerprint density at radius 3 is 2.56 bits per heavy atom. The molecule has 1 aromatic rings. The minimum Gasteiger partial charge on any atom is -0.480 e. The summed E-state index contributed by atoms with van der Waals surface area (Å²) in [4.78, 5) is 28.6. The van der Waals surface area contributed by atoms with Crippen molar-refractivity contribution in [3.8, 4) is 0 Å². The van der Waals surface area contributed by atoms with Gasteiger partial charge in [0.25, 0.3) is 5.91 Å². The number of thioether (sulfide) groups is 1. The van der Waals surface area contributed by atoms with Crippen molar-refractivity contribution in [2.24, 2.45) is 0 Å². The van der Waals surface area contributed by atoms with Crippen molar-refractivity contribution in [2.75, 3.05) is 31.9 Å². The van der Waals surface area contributed by atoms with Gasteiger partial charge in [-0.05, 0) is 43.3 Å². The Morgan fingerprint density at radius 1 is 1.32 bits per heavy atom. The molecule has 0 aliphatic carbocycles. The zero-order valence-corrected chi connectivity index (χ0v) is 16.3. The third-order valence-corrected chi connectivity index (χ3v) is 5.66. The van der Waals surface area contributed by atoms with E-state index in [1.165, 1.54) is 0 Å². The molecule has 1 heterocycles. The number of carbonyl (C=O) groups excluding carboxylic acids is 1. The molecule has 1 aliphatic heterocycles. The smallest absolute Gasteiger partial charge is 0.317 e. The second-order valence-corrected chi connectivity index (χ2v) is 7.80. The molecule has 0 atom stereocenters. The summed E-state index contributed by atoms with van der Waals surface area (Å²) in [7, 11) is 0. The number of amides is 1. The first kappa shape index (κ1) is 20.1. The Labute approximate surface area is 158 Å². The van der Waals surface area contributed by atoms with Gasteiger partial charge in [0.05, 0.1) is 12.1 Å². The van der Waals surface area contributed by atoms with Gasteiger partial charge in [-0.3, -0.25) is 14.5 Å². The Morgan fingerprint density at radius 2 is 2.00 bits per heavy atom. The number of hydrogen-bond acceptors (Lipinski definition) is 4. The molecule has 25 heavy (non-hydrogen) atoms.